The van der Waals surface area contributed by atoms with Gasteiger partial charge < -0.3 is 14.5 Å². The summed E-state index contributed by atoms with van der Waals surface area (Å²) < 4.78 is 7.82. The number of carbonyl (C=O) groups is 1. The van der Waals surface area contributed by atoms with E-state index in [1.54, 1.807) is 0 Å². The number of nitrogens with one attached hydrogen (secondary N) is 1. The Morgan fingerprint density at radius 1 is 1.25 bits per heavy atom. The first-order valence-corrected chi connectivity index (χ1v) is 8.14. The summed E-state index contributed by atoms with van der Waals surface area (Å²) in [5, 5.41) is 2.93. The minimum atomic E-state index is -0.414. The van der Waals surface area contributed by atoms with Gasteiger partial charge in [-0.1, -0.05) is 6.92 Å². The van der Waals surface area contributed by atoms with Gasteiger partial charge in [-0.2, -0.15) is 0 Å². The number of imidazole rings is 1. The first kappa shape index (κ1) is 14.8. The zero-order chi connectivity index (χ0) is 16.8. The lowest BCUT2D eigenvalue weighted by molar-refractivity contribution is -0.123. The molecule has 122 valence electrons. The third-order valence-electron chi connectivity index (χ3n) is 4.46. The van der Waals surface area contributed by atoms with E-state index < -0.39 is 6.10 Å². The van der Waals surface area contributed by atoms with Crippen LogP contribution in [0.25, 0.3) is 16.9 Å². The van der Waals surface area contributed by atoms with E-state index in [2.05, 4.69) is 28.8 Å². The zero-order valence-corrected chi connectivity index (χ0v) is 14.0. The summed E-state index contributed by atoms with van der Waals surface area (Å²) >= 11 is 0. The molecule has 1 N–H and O–H groups in total. The number of aryl methyl sites for hydroxylation is 2. The van der Waals surface area contributed by atoms with E-state index in [-0.39, 0.29) is 5.91 Å². The molecule has 0 saturated heterocycles. The van der Waals surface area contributed by atoms with Gasteiger partial charge in [-0.15, -0.1) is 0 Å². The number of benzene rings is 1. The van der Waals surface area contributed by atoms with Gasteiger partial charge in [0.25, 0.3) is 5.91 Å². The average molecular weight is 321 g/mol. The van der Waals surface area contributed by atoms with Gasteiger partial charge in [-0.25, -0.2) is 4.98 Å². The van der Waals surface area contributed by atoms with Crippen LogP contribution in [0.1, 0.15) is 24.6 Å². The molecule has 3 aromatic rings. The highest BCUT2D eigenvalue weighted by Crippen LogP contribution is 2.35. The summed E-state index contributed by atoms with van der Waals surface area (Å²) in [6.07, 6.45) is 2.27. The Balaban J connectivity index is 1.80. The maximum absolute atomic E-state index is 12.0. The third-order valence-corrected chi connectivity index (χ3v) is 4.46. The molecule has 0 spiro atoms. The average Bonchev–Trinajstić information content (AvgIpc) is 2.89. The molecule has 0 saturated carbocycles. The van der Waals surface area contributed by atoms with Gasteiger partial charge in [0.2, 0.25) is 0 Å². The molecule has 0 aliphatic carbocycles. The first-order chi connectivity index (χ1) is 11.6. The number of fused-ring (bicyclic) bond motifs is 2. The number of aromatic nitrogens is 2. The van der Waals surface area contributed by atoms with Crippen molar-refractivity contribution in [2.24, 2.45) is 0 Å². The van der Waals surface area contributed by atoms with Crippen molar-refractivity contribution in [1.82, 2.24) is 9.38 Å². The predicted molar refractivity (Wildman–Crippen MR) is 93.4 cm³/mol. The minimum absolute atomic E-state index is 0.0931. The number of nitrogens with zero attached hydrogens (tertiary/aromatic N) is 2. The Morgan fingerprint density at radius 2 is 2.08 bits per heavy atom. The van der Waals surface area contributed by atoms with Crippen LogP contribution < -0.4 is 10.1 Å². The van der Waals surface area contributed by atoms with Crippen molar-refractivity contribution in [3.8, 4) is 17.0 Å². The highest BCUT2D eigenvalue weighted by Gasteiger charge is 2.26. The van der Waals surface area contributed by atoms with E-state index in [9.17, 15) is 4.79 Å². The van der Waals surface area contributed by atoms with Crippen molar-refractivity contribution in [3.05, 3.63) is 47.8 Å². The fourth-order valence-electron chi connectivity index (χ4n) is 3.11. The molecule has 4 rings (SSSR count). The van der Waals surface area contributed by atoms with E-state index in [0.29, 0.717) is 17.9 Å². The Morgan fingerprint density at radius 3 is 2.88 bits per heavy atom. The van der Waals surface area contributed by atoms with Crippen molar-refractivity contribution in [2.45, 2.75) is 33.3 Å². The summed E-state index contributed by atoms with van der Waals surface area (Å²) in [6.45, 7) is 6.04. The number of hydrogen-bond donors (Lipinski definition) is 1. The van der Waals surface area contributed by atoms with Gasteiger partial charge in [0, 0.05) is 17.5 Å². The van der Waals surface area contributed by atoms with Crippen molar-refractivity contribution in [2.75, 3.05) is 5.32 Å². The second-order valence-corrected chi connectivity index (χ2v) is 6.19. The van der Waals surface area contributed by atoms with Gasteiger partial charge in [0.05, 0.1) is 11.4 Å². The van der Waals surface area contributed by atoms with Gasteiger partial charge in [-0.05, 0) is 56.2 Å². The van der Waals surface area contributed by atoms with Crippen LogP contribution in [-0.4, -0.2) is 21.4 Å². The number of amides is 1. The Bertz CT molecular complexity index is 959. The van der Waals surface area contributed by atoms with Crippen molar-refractivity contribution in [1.29, 1.82) is 0 Å². The van der Waals surface area contributed by atoms with Crippen molar-refractivity contribution >= 4 is 17.2 Å². The topological polar surface area (TPSA) is 55.6 Å². The smallest absolute Gasteiger partial charge is 0.265 e. The molecular weight excluding hydrogens is 302 g/mol. The molecule has 0 bridgehead atoms. The van der Waals surface area contributed by atoms with Crippen LogP contribution in [0.2, 0.25) is 0 Å². The zero-order valence-electron chi connectivity index (χ0n) is 14.0. The van der Waals surface area contributed by atoms with Crippen LogP contribution in [0.4, 0.5) is 5.69 Å². The lowest BCUT2D eigenvalue weighted by atomic mass is 10.1. The molecule has 1 aromatic carbocycles. The third kappa shape index (κ3) is 2.24. The molecule has 1 atom stereocenters. The molecule has 2 aromatic heterocycles. The maximum Gasteiger partial charge on any atom is 0.265 e. The number of carbonyl (C=O) groups excluding carboxylic acids is 1. The summed E-state index contributed by atoms with van der Waals surface area (Å²) in [7, 11) is 0. The summed E-state index contributed by atoms with van der Waals surface area (Å²) in [4.78, 5) is 16.8. The molecule has 5 heteroatoms. The number of anilines is 1. The fourth-order valence-corrected chi connectivity index (χ4v) is 3.11. The summed E-state index contributed by atoms with van der Waals surface area (Å²) in [6, 6.07) is 9.95. The van der Waals surface area contributed by atoms with Crippen LogP contribution in [-0.2, 0) is 4.79 Å². The number of pyridine rings is 1. The molecule has 1 aliphatic heterocycles. The van der Waals surface area contributed by atoms with Crippen LogP contribution in [0.3, 0.4) is 0 Å². The molecule has 0 radical (unpaired) electrons. The van der Waals surface area contributed by atoms with E-state index in [4.69, 9.17) is 9.72 Å². The largest absolute Gasteiger partial charge is 0.478 e. The molecule has 0 fully saturated rings. The minimum Gasteiger partial charge on any atom is -0.478 e. The van der Waals surface area contributed by atoms with E-state index in [0.717, 1.165) is 22.6 Å². The monoisotopic (exact) mass is 321 g/mol. The maximum atomic E-state index is 12.0. The Labute approximate surface area is 140 Å². The quantitative estimate of drug-likeness (QED) is 0.782. The second-order valence-electron chi connectivity index (χ2n) is 6.19. The summed E-state index contributed by atoms with van der Waals surface area (Å²) in [5.41, 5.74) is 5.75. The van der Waals surface area contributed by atoms with E-state index >= 15 is 0 Å². The number of hydrogen-bond acceptors (Lipinski definition) is 3. The molecule has 1 unspecified atom stereocenters. The van der Waals surface area contributed by atoms with Crippen molar-refractivity contribution < 1.29 is 9.53 Å². The number of rotatable bonds is 2. The van der Waals surface area contributed by atoms with Gasteiger partial charge in [0.1, 0.15) is 11.4 Å². The molecule has 1 amide bonds. The molecule has 1 aliphatic rings. The highest BCUT2D eigenvalue weighted by molar-refractivity contribution is 5.98. The van der Waals surface area contributed by atoms with Crippen LogP contribution in [0, 0.1) is 13.8 Å². The molecule has 5 nitrogen and oxygen atoms in total. The molecule has 24 heavy (non-hydrogen) atoms. The van der Waals surface area contributed by atoms with Gasteiger partial charge in [0.15, 0.2) is 6.10 Å². The molecule has 3 heterocycles. The standard InChI is InChI=1S/C19H19N3O2/c1-4-15-19(23)20-14-10-13(5-6-16(14)24-15)18-12(3)22-8-7-11(2)9-17(22)21-18/h5-10,15H,4H2,1-3H3,(H,20,23). The van der Waals surface area contributed by atoms with Crippen molar-refractivity contribution in [3.63, 3.8) is 0 Å². The van der Waals surface area contributed by atoms with Crippen LogP contribution in [0.15, 0.2) is 36.5 Å². The predicted octanol–water partition coefficient (Wildman–Crippen LogP) is 3.73. The lowest BCUT2D eigenvalue weighted by Crippen LogP contribution is -2.36. The molecular formula is C19H19N3O2. The van der Waals surface area contributed by atoms with Crippen LogP contribution in [0.5, 0.6) is 5.75 Å². The normalized spacial score (nSPS) is 16.6. The summed E-state index contributed by atoms with van der Waals surface area (Å²) in [5.74, 6) is 0.618. The second kappa shape index (κ2) is 5.37. The van der Waals surface area contributed by atoms with Gasteiger partial charge in [-0.3, -0.25) is 4.79 Å². The number of ether oxygens (including phenoxy) is 1. The van der Waals surface area contributed by atoms with Gasteiger partial charge >= 0.3 is 0 Å². The van der Waals surface area contributed by atoms with E-state index in [1.807, 2.05) is 38.2 Å². The lowest BCUT2D eigenvalue weighted by Gasteiger charge is -2.25. The van der Waals surface area contributed by atoms with E-state index in [1.165, 1.54) is 5.56 Å². The Kier molecular flexibility index (Phi) is 3.30. The Hall–Kier alpha value is -2.82. The first-order valence-electron chi connectivity index (χ1n) is 8.14. The van der Waals surface area contributed by atoms with Crippen LogP contribution >= 0.6 is 0 Å². The highest BCUT2D eigenvalue weighted by atomic mass is 16.5. The fraction of sp³-hybridized carbons (Fsp3) is 0.263. The SMILES string of the molecule is CCC1Oc2ccc(-c3nc4cc(C)ccn4c3C)cc2NC1=O.